The van der Waals surface area contributed by atoms with E-state index in [0.29, 0.717) is 18.2 Å². The van der Waals surface area contributed by atoms with Crippen LogP contribution in [0.15, 0.2) is 4.99 Å². The fourth-order valence-corrected chi connectivity index (χ4v) is 3.21. The van der Waals surface area contributed by atoms with Crippen LogP contribution in [0, 0.1) is 0 Å². The second-order valence-corrected chi connectivity index (χ2v) is 5.74. The normalized spacial score (nSPS) is 27.8. The van der Waals surface area contributed by atoms with Crippen LogP contribution < -0.4 is 10.6 Å². The molecule has 2 bridgehead atoms. The first-order chi connectivity index (χ1) is 9.76. The molecule has 0 spiro atoms. The van der Waals surface area contributed by atoms with Gasteiger partial charge in [-0.1, -0.05) is 13.8 Å². The summed E-state index contributed by atoms with van der Waals surface area (Å²) in [7, 11) is 1.84. The van der Waals surface area contributed by atoms with Crippen LogP contribution in [0.2, 0.25) is 0 Å². The van der Waals surface area contributed by atoms with Crippen LogP contribution in [0.5, 0.6) is 0 Å². The van der Waals surface area contributed by atoms with E-state index in [0.717, 1.165) is 45.0 Å². The molecule has 0 amide bonds. The summed E-state index contributed by atoms with van der Waals surface area (Å²) >= 11 is 0. The summed E-state index contributed by atoms with van der Waals surface area (Å²) in [6, 6.07) is 0.447. The Bertz CT molecular complexity index is 323. The van der Waals surface area contributed by atoms with Crippen molar-refractivity contribution in [1.82, 2.24) is 15.5 Å². The van der Waals surface area contributed by atoms with Crippen molar-refractivity contribution in [2.75, 3.05) is 33.2 Å². The van der Waals surface area contributed by atoms with E-state index >= 15 is 0 Å². The summed E-state index contributed by atoms with van der Waals surface area (Å²) in [6.45, 7) is 8.81. The Morgan fingerprint density at radius 1 is 1.29 bits per heavy atom. The topological polar surface area (TPSA) is 48.9 Å². The first-order valence-corrected chi connectivity index (χ1v) is 8.11. The quantitative estimate of drug-likeness (QED) is 0.291. The highest BCUT2D eigenvalue weighted by Crippen LogP contribution is 2.34. The number of hydrogen-bond acceptors (Lipinski definition) is 3. The number of halogens is 1. The lowest BCUT2D eigenvalue weighted by Crippen LogP contribution is -2.47. The molecular weight excluding hydrogens is 379 g/mol. The molecule has 2 saturated heterocycles. The van der Waals surface area contributed by atoms with Crippen LogP contribution in [-0.4, -0.2) is 62.3 Å². The lowest BCUT2D eigenvalue weighted by Gasteiger charge is -2.23. The van der Waals surface area contributed by atoms with Gasteiger partial charge in [-0.25, -0.2) is 0 Å². The molecule has 2 aliphatic rings. The molecule has 0 aromatic rings. The molecule has 2 aliphatic heterocycles. The third kappa shape index (κ3) is 5.56. The smallest absolute Gasteiger partial charge is 0.191 e. The number of hydrogen-bond donors (Lipinski definition) is 2. The van der Waals surface area contributed by atoms with E-state index in [1.54, 1.807) is 0 Å². The molecule has 21 heavy (non-hydrogen) atoms. The SMILES string of the molecule is CCN(CC)CCCNC(=NC)NC1CC2CCC1O2.I. The molecule has 0 radical (unpaired) electrons. The van der Waals surface area contributed by atoms with Crippen molar-refractivity contribution in [2.45, 2.75) is 57.8 Å². The van der Waals surface area contributed by atoms with E-state index in [4.69, 9.17) is 4.74 Å². The molecule has 124 valence electrons. The van der Waals surface area contributed by atoms with Crippen LogP contribution >= 0.6 is 24.0 Å². The highest BCUT2D eigenvalue weighted by Gasteiger charge is 2.40. The average Bonchev–Trinajstić information content (AvgIpc) is 3.08. The highest BCUT2D eigenvalue weighted by atomic mass is 127. The number of nitrogens with zero attached hydrogens (tertiary/aromatic N) is 2. The Balaban J connectivity index is 0.00000220. The largest absolute Gasteiger partial charge is 0.373 e. The first-order valence-electron chi connectivity index (χ1n) is 8.11. The standard InChI is InChI=1S/C15H30N4O.HI/c1-4-19(5-2)10-6-9-17-15(16-3)18-13-11-12-7-8-14(13)20-12;/h12-14H,4-11H2,1-3H3,(H2,16,17,18);1H. The Morgan fingerprint density at radius 2 is 2.05 bits per heavy atom. The zero-order valence-electron chi connectivity index (χ0n) is 13.6. The summed E-state index contributed by atoms with van der Waals surface area (Å²) in [5.41, 5.74) is 0. The van der Waals surface area contributed by atoms with Gasteiger partial charge in [-0.15, -0.1) is 24.0 Å². The first kappa shape index (κ1) is 19.0. The van der Waals surface area contributed by atoms with E-state index in [2.05, 4.69) is 34.4 Å². The maximum atomic E-state index is 5.86. The van der Waals surface area contributed by atoms with Gasteiger partial charge in [0.2, 0.25) is 0 Å². The van der Waals surface area contributed by atoms with Crippen LogP contribution in [0.1, 0.15) is 39.5 Å². The molecule has 2 fully saturated rings. The molecule has 2 rings (SSSR count). The van der Waals surface area contributed by atoms with Gasteiger partial charge in [0, 0.05) is 13.6 Å². The Kier molecular flexibility index (Phi) is 8.89. The third-order valence-corrected chi connectivity index (χ3v) is 4.49. The maximum Gasteiger partial charge on any atom is 0.191 e. The van der Waals surface area contributed by atoms with Gasteiger partial charge in [-0.3, -0.25) is 4.99 Å². The van der Waals surface area contributed by atoms with Crippen molar-refractivity contribution >= 4 is 29.9 Å². The molecule has 6 heteroatoms. The molecule has 0 aromatic carbocycles. The summed E-state index contributed by atoms with van der Waals surface area (Å²) in [5, 5.41) is 6.93. The highest BCUT2D eigenvalue weighted by molar-refractivity contribution is 14.0. The summed E-state index contributed by atoms with van der Waals surface area (Å²) < 4.78 is 5.86. The van der Waals surface area contributed by atoms with Crippen molar-refractivity contribution in [3.8, 4) is 0 Å². The molecule has 3 unspecified atom stereocenters. The van der Waals surface area contributed by atoms with E-state index in [1.165, 1.54) is 12.8 Å². The molecule has 3 atom stereocenters. The zero-order chi connectivity index (χ0) is 14.4. The molecular formula is C15H31IN4O. The molecule has 0 aliphatic carbocycles. The summed E-state index contributed by atoms with van der Waals surface area (Å²) in [6.07, 6.45) is 5.59. The molecule has 0 saturated carbocycles. The van der Waals surface area contributed by atoms with Crippen molar-refractivity contribution < 1.29 is 4.74 Å². The van der Waals surface area contributed by atoms with Crippen LogP contribution in [0.25, 0.3) is 0 Å². The second-order valence-electron chi connectivity index (χ2n) is 5.74. The summed E-state index contributed by atoms with van der Waals surface area (Å²) in [4.78, 5) is 6.76. The Labute approximate surface area is 146 Å². The number of aliphatic imine (C=N–C) groups is 1. The van der Waals surface area contributed by atoms with E-state index in [-0.39, 0.29) is 24.0 Å². The molecule has 2 heterocycles. The lowest BCUT2D eigenvalue weighted by atomic mass is 9.96. The minimum Gasteiger partial charge on any atom is -0.373 e. The minimum absolute atomic E-state index is 0. The number of ether oxygens (including phenoxy) is 1. The third-order valence-electron chi connectivity index (χ3n) is 4.49. The number of rotatable bonds is 7. The van der Waals surface area contributed by atoms with Gasteiger partial charge >= 0.3 is 0 Å². The predicted molar refractivity (Wildman–Crippen MR) is 98.6 cm³/mol. The van der Waals surface area contributed by atoms with Gasteiger partial charge in [0.25, 0.3) is 0 Å². The van der Waals surface area contributed by atoms with Crippen LogP contribution in [-0.2, 0) is 4.74 Å². The fourth-order valence-electron chi connectivity index (χ4n) is 3.21. The molecule has 2 N–H and O–H groups in total. The monoisotopic (exact) mass is 410 g/mol. The van der Waals surface area contributed by atoms with Gasteiger partial charge in [0.05, 0.1) is 18.2 Å². The Morgan fingerprint density at radius 3 is 2.57 bits per heavy atom. The van der Waals surface area contributed by atoms with Gasteiger partial charge in [-0.2, -0.15) is 0 Å². The van der Waals surface area contributed by atoms with Gasteiger partial charge < -0.3 is 20.3 Å². The van der Waals surface area contributed by atoms with Crippen molar-refractivity contribution in [3.05, 3.63) is 0 Å². The Hall–Kier alpha value is -0.0800. The van der Waals surface area contributed by atoms with Crippen molar-refractivity contribution in [2.24, 2.45) is 4.99 Å². The average molecular weight is 410 g/mol. The van der Waals surface area contributed by atoms with Gasteiger partial charge in [-0.05, 0) is 45.3 Å². The minimum atomic E-state index is 0. The fraction of sp³-hybridized carbons (Fsp3) is 0.933. The van der Waals surface area contributed by atoms with Gasteiger partial charge in [0.15, 0.2) is 5.96 Å². The van der Waals surface area contributed by atoms with Crippen molar-refractivity contribution in [3.63, 3.8) is 0 Å². The number of fused-ring (bicyclic) bond motifs is 2. The predicted octanol–water partition coefficient (Wildman–Crippen LogP) is 1.82. The van der Waals surface area contributed by atoms with Crippen molar-refractivity contribution in [1.29, 1.82) is 0 Å². The molecule has 0 aromatic heterocycles. The zero-order valence-corrected chi connectivity index (χ0v) is 15.9. The van der Waals surface area contributed by atoms with Crippen LogP contribution in [0.3, 0.4) is 0 Å². The summed E-state index contributed by atoms with van der Waals surface area (Å²) in [5.74, 6) is 0.922. The molecule has 5 nitrogen and oxygen atoms in total. The maximum absolute atomic E-state index is 5.86. The van der Waals surface area contributed by atoms with E-state index in [1.807, 2.05) is 7.05 Å². The van der Waals surface area contributed by atoms with Gasteiger partial charge in [0.1, 0.15) is 0 Å². The van der Waals surface area contributed by atoms with E-state index < -0.39 is 0 Å². The second kappa shape index (κ2) is 9.84. The van der Waals surface area contributed by atoms with Crippen LogP contribution in [0.4, 0.5) is 0 Å². The lowest BCUT2D eigenvalue weighted by molar-refractivity contribution is 0.0992. The van der Waals surface area contributed by atoms with E-state index in [9.17, 15) is 0 Å². The number of nitrogens with one attached hydrogen (secondary N) is 2. The number of guanidine groups is 1.